The molecule has 0 saturated heterocycles. The highest BCUT2D eigenvalue weighted by molar-refractivity contribution is 7.74. The van der Waals surface area contributed by atoms with Gasteiger partial charge in [0, 0.05) is 12.8 Å². The molecule has 0 heterocycles. The van der Waals surface area contributed by atoms with Crippen LogP contribution in [-0.4, -0.2) is 26.3 Å². The molecule has 0 radical (unpaired) electrons. The second-order valence-electron chi connectivity index (χ2n) is 8.17. The molecule has 0 aliphatic rings. The van der Waals surface area contributed by atoms with Gasteiger partial charge in [0.05, 0.1) is 23.7 Å². The minimum Gasteiger partial charge on any atom is -0.750 e. The molecular weight excluding hydrogens is 484 g/mol. The van der Waals surface area contributed by atoms with E-state index in [9.17, 15) is 14.0 Å². The smallest absolute Gasteiger partial charge is 0.131 e. The lowest BCUT2D eigenvalue weighted by Crippen LogP contribution is -2.08. The van der Waals surface area contributed by atoms with E-state index in [0.29, 0.717) is 11.1 Å². The Labute approximate surface area is 211 Å². The molecule has 0 amide bonds. The van der Waals surface area contributed by atoms with Crippen LogP contribution in [0.1, 0.15) is 49.7 Å². The third-order valence-electron chi connectivity index (χ3n) is 5.68. The molecule has 0 fully saturated rings. The summed E-state index contributed by atoms with van der Waals surface area (Å²) in [6, 6.07) is 26.0. The van der Waals surface area contributed by atoms with Gasteiger partial charge in [0.2, 0.25) is 0 Å². The van der Waals surface area contributed by atoms with Gasteiger partial charge in [0.25, 0.3) is 0 Å². The lowest BCUT2D eigenvalue weighted by atomic mass is 9.94. The summed E-state index contributed by atoms with van der Waals surface area (Å²) in [4.78, 5) is 0. The maximum Gasteiger partial charge on any atom is 0.131 e. The molecule has 0 spiro atoms. The Bertz CT molecular complexity index is 1230. The topological polar surface area (TPSA) is 82.0 Å². The Balaban J connectivity index is 0.000000454. The Morgan fingerprint density at radius 1 is 0.861 bits per heavy atom. The van der Waals surface area contributed by atoms with Crippen LogP contribution in [0.5, 0.6) is 0 Å². The van der Waals surface area contributed by atoms with Crippen LogP contribution in [0.2, 0.25) is 0 Å². The van der Waals surface area contributed by atoms with Gasteiger partial charge >= 0.3 is 0 Å². The second-order valence-corrected chi connectivity index (χ2v) is 8.82. The van der Waals surface area contributed by atoms with Gasteiger partial charge in [-0.3, -0.25) is 0 Å². The quantitative estimate of drug-likeness (QED) is 0.109. The molecule has 36 heavy (non-hydrogen) atoms. The monoisotopic (exact) mass is 512 g/mol. The number of benzene rings is 4. The summed E-state index contributed by atoms with van der Waals surface area (Å²) in [6.07, 6.45) is -2.35. The Hall–Kier alpha value is -3.20. The third-order valence-corrected chi connectivity index (χ3v) is 6.04. The first kappa shape index (κ1) is 27.4. The van der Waals surface area contributed by atoms with E-state index in [-0.39, 0.29) is 25.2 Å². The van der Waals surface area contributed by atoms with Crippen molar-refractivity contribution in [1.29, 1.82) is 0 Å². The summed E-state index contributed by atoms with van der Waals surface area (Å²) in [5.41, 5.74) is 1.14. The maximum atomic E-state index is 15.1. The van der Waals surface area contributed by atoms with E-state index >= 15 is 8.78 Å². The Morgan fingerprint density at radius 2 is 1.31 bits per heavy atom. The van der Waals surface area contributed by atoms with Crippen LogP contribution < -0.4 is 0 Å². The molecule has 3 unspecified atom stereocenters. The van der Waals surface area contributed by atoms with Crippen LogP contribution in [0.4, 0.5) is 8.78 Å². The van der Waals surface area contributed by atoms with E-state index < -0.39 is 23.7 Å². The molecule has 0 bridgehead atoms. The van der Waals surface area contributed by atoms with E-state index in [2.05, 4.69) is 9.34 Å². The SMILES string of the molecule is CCCOS(=O)[O-].ON=C(CC(F)c1cccc2ccccc12)CC(F)c1cccc2ccccc12. The molecule has 4 aromatic rings. The van der Waals surface area contributed by atoms with Crippen molar-refractivity contribution >= 4 is 38.6 Å². The zero-order chi connectivity index (χ0) is 25.9. The van der Waals surface area contributed by atoms with Gasteiger partial charge in [-0.15, -0.1) is 0 Å². The van der Waals surface area contributed by atoms with Crippen LogP contribution in [0, 0.1) is 0 Å². The average Bonchev–Trinajstić information content (AvgIpc) is 2.91. The molecule has 0 aliphatic heterocycles. The average molecular weight is 513 g/mol. The van der Waals surface area contributed by atoms with Crippen LogP contribution in [-0.2, 0) is 15.5 Å². The highest BCUT2D eigenvalue weighted by Gasteiger charge is 2.21. The normalized spacial score (nSPS) is 13.4. The minimum absolute atomic E-state index is 0.103. The van der Waals surface area contributed by atoms with E-state index in [1.165, 1.54) is 0 Å². The van der Waals surface area contributed by atoms with Crippen molar-refractivity contribution in [2.24, 2.45) is 5.16 Å². The standard InChI is InChI=1S/C25H21F2NO.C3H8O3S/c26-24(22-13-5-9-17-7-1-3-11-20(17)22)15-19(28-29)16-25(27)23-14-6-10-18-8-2-4-12-21(18)23;1-2-3-6-7(4)5/h1-14,24-25,29H,15-16H2;2-3H2,1H3,(H,4,5)/p-1. The molecule has 0 saturated carbocycles. The van der Waals surface area contributed by atoms with E-state index in [1.54, 1.807) is 24.3 Å². The predicted octanol–water partition coefficient (Wildman–Crippen LogP) is 7.53. The molecule has 4 rings (SSSR count). The van der Waals surface area contributed by atoms with Gasteiger partial charge in [-0.05, 0) is 39.1 Å². The summed E-state index contributed by atoms with van der Waals surface area (Å²) in [7, 11) is 0. The number of nitrogens with zero attached hydrogens (tertiary/aromatic N) is 1. The molecule has 1 N–H and O–H groups in total. The summed E-state index contributed by atoms with van der Waals surface area (Å²) < 4.78 is 53.4. The largest absolute Gasteiger partial charge is 0.750 e. The van der Waals surface area contributed by atoms with Crippen molar-refractivity contribution in [3.63, 3.8) is 0 Å². The van der Waals surface area contributed by atoms with Crippen molar-refractivity contribution < 1.29 is 26.9 Å². The summed E-state index contributed by atoms with van der Waals surface area (Å²) in [5, 5.41) is 16.1. The fraction of sp³-hybridized carbons (Fsp3) is 0.250. The number of hydrogen-bond acceptors (Lipinski definition) is 5. The number of hydrogen-bond donors (Lipinski definition) is 1. The fourth-order valence-corrected chi connectivity index (χ4v) is 4.30. The van der Waals surface area contributed by atoms with E-state index in [1.807, 2.05) is 67.6 Å². The summed E-state index contributed by atoms with van der Waals surface area (Å²) >= 11 is -2.32. The zero-order valence-corrected chi connectivity index (χ0v) is 20.7. The zero-order valence-electron chi connectivity index (χ0n) is 19.8. The minimum atomic E-state index is -2.32. The second kappa shape index (κ2) is 13.8. The van der Waals surface area contributed by atoms with Crippen molar-refractivity contribution in [1.82, 2.24) is 0 Å². The Kier molecular flexibility index (Phi) is 10.5. The predicted molar refractivity (Wildman–Crippen MR) is 139 cm³/mol. The molecular formula is C28H28F2NO4S-. The highest BCUT2D eigenvalue weighted by atomic mass is 32.2. The number of oxime groups is 1. The van der Waals surface area contributed by atoms with Gasteiger partial charge in [0.15, 0.2) is 0 Å². The Morgan fingerprint density at radius 3 is 1.69 bits per heavy atom. The first-order valence-corrected chi connectivity index (χ1v) is 12.6. The first-order valence-electron chi connectivity index (χ1n) is 11.6. The first-order chi connectivity index (χ1) is 17.4. The molecule has 5 nitrogen and oxygen atoms in total. The fourth-order valence-electron chi connectivity index (χ4n) is 4.00. The molecule has 4 aromatic carbocycles. The molecule has 8 heteroatoms. The van der Waals surface area contributed by atoms with E-state index in [0.717, 1.165) is 28.0 Å². The molecule has 0 aromatic heterocycles. The van der Waals surface area contributed by atoms with Crippen LogP contribution in [0.25, 0.3) is 21.5 Å². The van der Waals surface area contributed by atoms with Gasteiger partial charge in [-0.25, -0.2) is 13.0 Å². The van der Waals surface area contributed by atoms with Crippen LogP contribution in [0.3, 0.4) is 0 Å². The number of alkyl halides is 2. The lowest BCUT2D eigenvalue weighted by Gasteiger charge is -2.15. The van der Waals surface area contributed by atoms with Gasteiger partial charge in [-0.1, -0.05) is 97.0 Å². The van der Waals surface area contributed by atoms with Crippen LogP contribution >= 0.6 is 0 Å². The highest BCUT2D eigenvalue weighted by Crippen LogP contribution is 2.33. The van der Waals surface area contributed by atoms with Crippen LogP contribution in [0.15, 0.2) is 90.1 Å². The molecule has 0 aliphatic carbocycles. The van der Waals surface area contributed by atoms with E-state index in [4.69, 9.17) is 0 Å². The summed E-state index contributed by atoms with van der Waals surface area (Å²) in [5.74, 6) is 0. The molecule has 190 valence electrons. The van der Waals surface area contributed by atoms with Crippen molar-refractivity contribution in [2.75, 3.05) is 6.61 Å². The van der Waals surface area contributed by atoms with Gasteiger partial charge in [-0.2, -0.15) is 0 Å². The van der Waals surface area contributed by atoms with Gasteiger partial charge < -0.3 is 13.9 Å². The maximum absolute atomic E-state index is 15.1. The lowest BCUT2D eigenvalue weighted by molar-refractivity contribution is 0.296. The summed E-state index contributed by atoms with van der Waals surface area (Å²) in [6.45, 7) is 2.13. The van der Waals surface area contributed by atoms with Crippen molar-refractivity contribution in [3.8, 4) is 0 Å². The third kappa shape index (κ3) is 7.40. The van der Waals surface area contributed by atoms with Crippen molar-refractivity contribution in [2.45, 2.75) is 38.5 Å². The van der Waals surface area contributed by atoms with Crippen molar-refractivity contribution in [3.05, 3.63) is 96.1 Å². The van der Waals surface area contributed by atoms with Gasteiger partial charge in [0.1, 0.15) is 12.3 Å². The number of fused-ring (bicyclic) bond motifs is 2. The molecule has 3 atom stereocenters. The number of rotatable bonds is 9. The number of halogens is 2.